The summed E-state index contributed by atoms with van der Waals surface area (Å²) >= 11 is 18.2. The maximum atomic E-state index is 14.1. The van der Waals surface area contributed by atoms with Crippen molar-refractivity contribution in [2.75, 3.05) is 26.6 Å². The smallest absolute Gasteiger partial charge is 0.248 e. The Morgan fingerprint density at radius 1 is 0.282 bits per heavy atom. The molecule has 18 aromatic heterocycles. The molecule has 30 nitrogen and oxygen atoms in total. The highest BCUT2D eigenvalue weighted by Gasteiger charge is 2.20. The Balaban J connectivity index is 0.000000130. The van der Waals surface area contributed by atoms with E-state index in [0.29, 0.717) is 94.1 Å². The van der Waals surface area contributed by atoms with Crippen LogP contribution in [0.4, 0.5) is 55.3 Å². The summed E-state index contributed by atoms with van der Waals surface area (Å²) in [6, 6.07) is 49.1. The minimum Gasteiger partial charge on any atom is -0.346 e. The SMILES string of the molecule is C=CC(=O)Cc1ccc(-c2cnc3[nH]cc(Cl)c3c2)cc1F.C=CC(=O)Cc1ccc(-c2cnc3[nH]ccc3c2)cc1F.C=CC(=O)Nc1cc(-c2cnc3[nH]ccc3c2)cc(F)c1F.C=CC(=O)Nc1cccc(-c2cnc3[nH]cc(Cl)c3c2)n1.C=CC(=O)Nc1cccc(-c2cnc3[nH]ccc3c2)n1.C=CC(=O)Nc1nc(-c2cnc3[nH]cc(Cl)c3c2)ccc1F.C=CC(=O)Nc1nc(-c2cnc3[nH]ccc3c2)ccc1F. The molecule has 0 aliphatic rings. The third-order valence-corrected chi connectivity index (χ3v) is 22.8. The molecule has 0 unspecified atom stereocenters. The van der Waals surface area contributed by atoms with Crippen LogP contribution in [0.15, 0.2) is 351 Å². The summed E-state index contributed by atoms with van der Waals surface area (Å²) in [7, 11) is 0. The van der Waals surface area contributed by atoms with Gasteiger partial charge in [-0.1, -0.05) is 117 Å². The highest BCUT2D eigenvalue weighted by Crippen LogP contribution is 2.36. The number of nitrogens with one attached hydrogen (secondary N) is 12. The van der Waals surface area contributed by atoms with Gasteiger partial charge < -0.3 is 61.5 Å². The van der Waals surface area contributed by atoms with E-state index >= 15 is 0 Å². The second kappa shape index (κ2) is 48.0. The van der Waals surface area contributed by atoms with Gasteiger partial charge in [0.05, 0.1) is 43.5 Å². The second-order valence-electron chi connectivity index (χ2n) is 31.8. The molecule has 0 aliphatic carbocycles. The first-order valence-corrected chi connectivity index (χ1v) is 45.6. The first-order chi connectivity index (χ1) is 72.0. The molecule has 3 aromatic carbocycles. The van der Waals surface area contributed by atoms with Crippen molar-refractivity contribution in [2.24, 2.45) is 0 Å². The Morgan fingerprint density at radius 3 is 0.953 bits per heavy atom. The van der Waals surface area contributed by atoms with Crippen LogP contribution in [0.2, 0.25) is 15.1 Å². The largest absolute Gasteiger partial charge is 0.346 e. The number of pyridine rings is 11. The van der Waals surface area contributed by atoms with Crippen molar-refractivity contribution in [1.82, 2.24) is 89.7 Å². The van der Waals surface area contributed by atoms with E-state index in [4.69, 9.17) is 34.8 Å². The van der Waals surface area contributed by atoms with Crippen molar-refractivity contribution in [3.05, 3.63) is 412 Å². The van der Waals surface area contributed by atoms with Crippen LogP contribution in [-0.4, -0.2) is 131 Å². The number of fused-ring (bicyclic) bond motifs is 7. The topological polar surface area (TPSA) is 432 Å². The summed E-state index contributed by atoms with van der Waals surface area (Å²) in [5, 5.41) is 20.0. The summed E-state index contributed by atoms with van der Waals surface area (Å²) in [4.78, 5) is 147. The third kappa shape index (κ3) is 26.1. The van der Waals surface area contributed by atoms with E-state index in [1.165, 1.54) is 66.8 Å². The Morgan fingerprint density at radius 2 is 0.591 bits per heavy atom. The molecule has 0 spiro atoms. The van der Waals surface area contributed by atoms with E-state index in [9.17, 15) is 59.9 Å². The van der Waals surface area contributed by atoms with E-state index in [2.05, 4.69) is 162 Å². The zero-order valence-electron chi connectivity index (χ0n) is 77.9. The predicted molar refractivity (Wildman–Crippen MR) is 569 cm³/mol. The van der Waals surface area contributed by atoms with E-state index in [0.717, 1.165) is 124 Å². The number of carbonyl (C=O) groups is 7. The highest BCUT2D eigenvalue weighted by molar-refractivity contribution is 6.36. The molecule has 21 aromatic rings. The van der Waals surface area contributed by atoms with Crippen LogP contribution in [0.3, 0.4) is 0 Å². The number of allylic oxidation sites excluding steroid dienone is 2. The lowest BCUT2D eigenvalue weighted by atomic mass is 10.0. The van der Waals surface area contributed by atoms with Crippen LogP contribution in [-0.2, 0) is 46.4 Å². The fourth-order valence-electron chi connectivity index (χ4n) is 14.4. The Kier molecular flexibility index (Phi) is 33.4. The molecule has 21 rings (SSSR count). The molecule has 149 heavy (non-hydrogen) atoms. The first kappa shape index (κ1) is 104. The number of aromatic amines is 7. The molecular weight excluding hydrogens is 1980 g/mol. The van der Waals surface area contributed by atoms with E-state index in [1.807, 2.05) is 91.3 Å². The number of aromatic nitrogens is 18. The molecule has 0 saturated carbocycles. The molecule has 740 valence electrons. The van der Waals surface area contributed by atoms with Crippen molar-refractivity contribution >= 4 is 182 Å². The maximum Gasteiger partial charge on any atom is 0.248 e. The molecule has 0 bridgehead atoms. The van der Waals surface area contributed by atoms with Gasteiger partial charge in [0.2, 0.25) is 29.5 Å². The molecule has 5 amide bonds. The van der Waals surface area contributed by atoms with E-state index < -0.39 is 52.6 Å². The lowest BCUT2D eigenvalue weighted by Gasteiger charge is -2.09. The van der Waals surface area contributed by atoms with Crippen molar-refractivity contribution in [3.63, 3.8) is 0 Å². The Bertz CT molecular complexity index is 8790. The van der Waals surface area contributed by atoms with Crippen molar-refractivity contribution < 1.29 is 59.9 Å². The molecule has 0 aliphatic heterocycles. The first-order valence-electron chi connectivity index (χ1n) is 44.5. The minimum atomic E-state index is -1.12. The van der Waals surface area contributed by atoms with Gasteiger partial charge >= 0.3 is 0 Å². The molecule has 18 heterocycles. The van der Waals surface area contributed by atoms with Crippen molar-refractivity contribution in [3.8, 4) is 78.4 Å². The average molecular weight is 2060 g/mol. The van der Waals surface area contributed by atoms with Gasteiger partial charge in [-0.3, -0.25) is 33.6 Å². The number of nitrogens with zero attached hydrogens (tertiary/aromatic N) is 11. The predicted octanol–water partition coefficient (Wildman–Crippen LogP) is 24.2. The normalized spacial score (nSPS) is 10.6. The van der Waals surface area contributed by atoms with Crippen LogP contribution < -0.4 is 26.6 Å². The van der Waals surface area contributed by atoms with Crippen molar-refractivity contribution in [2.45, 2.75) is 12.8 Å². The average Bonchev–Trinajstić information content (AvgIpc) is 1.56. The Hall–Kier alpha value is -19.6. The molecule has 0 atom stereocenters. The molecule has 0 saturated heterocycles. The molecule has 39 heteroatoms. The number of amides is 5. The standard InChI is InChI=1S/C17H12ClFN2O.C17H13FN2O.C16H11F2N3O.C15H10ClFN4O.C15H11ClN4O.C15H11FN4O.C15H12N4O/c1-2-13(22)5-11-4-3-10(7-16(11)19)12-6-14-15(18)9-21-17(14)20-8-12;1-2-15(21)8-12-4-3-11(9-16(12)18)14-7-13-5-6-19-17(13)20-10-14;1-2-14(22)21-13-7-10(6-12(17)15(13)18)11-5-9-3-4-19-16(9)20-8-11;1-2-13(22)21-15-11(17)3-4-12(20-15)8-5-9-10(16)7-19-14(9)18-6-8;1-2-14(21)20-13-5-3-4-12(19-13)9-6-10-11(16)8-18-15(10)17-7-9;1-2-13(21)20-15-11(16)3-4-12(19-15)10-7-9-5-6-17-14(9)18-8-10;1-2-14(20)19-13-5-3-4-12(18-13)11-8-10-6-7-16-15(10)17-9-11/h2-4,6-9H,1,5H2,(H,20,21);2-7,9-10H,1,8H2,(H,19,20);2-8H,1H2,(H,19,20)(H,21,22);2-7H,1H2,(H,18,19)(H,20,21,22);2*2-8H,1H2,(H,17,18)(H,19,20,21);2-9H,1H2,(H,16,17)(H,18,19,20). The lowest BCUT2D eigenvalue weighted by molar-refractivity contribution is -0.114. The van der Waals surface area contributed by atoms with Gasteiger partial charge in [0.25, 0.3) is 0 Å². The molecular formula is C110H80Cl3F6N23O7. The van der Waals surface area contributed by atoms with Gasteiger partial charge in [-0.15, -0.1) is 0 Å². The number of ketones is 2. The number of benzene rings is 3. The summed E-state index contributed by atoms with van der Waals surface area (Å²) in [6.45, 7) is 23.5. The molecule has 12 N–H and O–H groups in total. The van der Waals surface area contributed by atoms with Gasteiger partial charge in [0.15, 0.2) is 46.5 Å². The Labute approximate surface area is 856 Å². The number of carbonyl (C=O) groups excluding carboxylic acids is 7. The number of hydrogen-bond donors (Lipinski definition) is 12. The van der Waals surface area contributed by atoms with Crippen LogP contribution >= 0.6 is 34.8 Å². The van der Waals surface area contributed by atoms with Crippen LogP contribution in [0, 0.1) is 34.9 Å². The van der Waals surface area contributed by atoms with Gasteiger partial charge in [-0.25, -0.2) is 81.2 Å². The second-order valence-corrected chi connectivity index (χ2v) is 33.0. The van der Waals surface area contributed by atoms with Crippen LogP contribution in [0.5, 0.6) is 0 Å². The van der Waals surface area contributed by atoms with Crippen molar-refractivity contribution in [1.29, 1.82) is 0 Å². The van der Waals surface area contributed by atoms with Gasteiger partial charge in [-0.05, 0) is 210 Å². The van der Waals surface area contributed by atoms with Crippen LogP contribution in [0.25, 0.3) is 156 Å². The van der Waals surface area contributed by atoms with E-state index in [1.54, 1.807) is 123 Å². The number of hydrogen-bond acceptors (Lipinski definition) is 18. The number of anilines is 5. The molecule has 0 radical (unpaired) electrons. The maximum absolute atomic E-state index is 14.1. The summed E-state index contributed by atoms with van der Waals surface area (Å²) in [5.41, 5.74) is 15.2. The van der Waals surface area contributed by atoms with Gasteiger partial charge in [0, 0.05) is 176 Å². The van der Waals surface area contributed by atoms with Crippen LogP contribution in [0.1, 0.15) is 11.1 Å². The highest BCUT2D eigenvalue weighted by atomic mass is 35.5. The fourth-order valence-corrected chi connectivity index (χ4v) is 15.0. The number of H-pyrrole nitrogens is 7. The zero-order valence-corrected chi connectivity index (χ0v) is 80.2. The monoisotopic (exact) mass is 2050 g/mol. The summed E-state index contributed by atoms with van der Waals surface area (Å²) in [6.07, 6.45) is 31.7. The minimum absolute atomic E-state index is 0.0105. The van der Waals surface area contributed by atoms with E-state index in [-0.39, 0.29) is 53.5 Å². The lowest BCUT2D eigenvalue weighted by Crippen LogP contribution is -2.10. The molecule has 0 fully saturated rings. The zero-order chi connectivity index (χ0) is 105. The quantitative estimate of drug-likeness (QED) is 0.0209. The number of rotatable bonds is 23. The third-order valence-electron chi connectivity index (χ3n) is 21.9. The summed E-state index contributed by atoms with van der Waals surface area (Å²) < 4.78 is 83.1. The summed E-state index contributed by atoms with van der Waals surface area (Å²) in [5.74, 6) is -6.24. The van der Waals surface area contributed by atoms with Gasteiger partial charge in [0.1, 0.15) is 62.8 Å². The van der Waals surface area contributed by atoms with Gasteiger partial charge in [-0.2, -0.15) is 0 Å². The fraction of sp³-hybridized carbons (Fsp3) is 0.0182. The number of halogens is 9.